The Labute approximate surface area is 92.4 Å². The summed E-state index contributed by atoms with van der Waals surface area (Å²) < 4.78 is 7.59. The third kappa shape index (κ3) is 1.61. The summed E-state index contributed by atoms with van der Waals surface area (Å²) in [6.07, 6.45) is 8.15. The van der Waals surface area contributed by atoms with E-state index in [1.165, 1.54) is 0 Å². The van der Waals surface area contributed by atoms with Gasteiger partial charge in [-0.05, 0) is 19.3 Å². The topological polar surface area (TPSA) is 78.3 Å². The van der Waals surface area contributed by atoms with Gasteiger partial charge in [0, 0.05) is 18.4 Å². The lowest BCUT2D eigenvalue weighted by molar-refractivity contribution is 0.201. The minimum atomic E-state index is 0.158. The molecule has 84 valence electrons. The lowest BCUT2D eigenvalue weighted by Crippen LogP contribution is -2.19. The molecule has 1 fully saturated rings. The molecule has 0 amide bonds. The number of fused-ring (bicyclic) bond motifs is 1. The van der Waals surface area contributed by atoms with E-state index >= 15 is 0 Å². The third-order valence-corrected chi connectivity index (χ3v) is 2.89. The van der Waals surface area contributed by atoms with Crippen LogP contribution < -0.4 is 10.5 Å². The van der Waals surface area contributed by atoms with Gasteiger partial charge in [0.1, 0.15) is 12.4 Å². The van der Waals surface area contributed by atoms with Gasteiger partial charge in [-0.2, -0.15) is 0 Å². The first-order chi connectivity index (χ1) is 7.83. The highest BCUT2D eigenvalue weighted by molar-refractivity contribution is 5.47. The Morgan fingerprint density at radius 2 is 2.38 bits per heavy atom. The minimum absolute atomic E-state index is 0.158. The second-order valence-electron chi connectivity index (χ2n) is 4.11. The van der Waals surface area contributed by atoms with Crippen LogP contribution in [0.5, 0.6) is 5.88 Å². The molecule has 6 heteroatoms. The van der Waals surface area contributed by atoms with Gasteiger partial charge in [0.2, 0.25) is 5.65 Å². The summed E-state index contributed by atoms with van der Waals surface area (Å²) in [5.74, 6) is 0.541. The highest BCUT2D eigenvalue weighted by atomic mass is 16.5. The summed E-state index contributed by atoms with van der Waals surface area (Å²) in [6, 6.07) is 0.252. The molecule has 1 aliphatic rings. The van der Waals surface area contributed by atoms with Crippen molar-refractivity contribution in [1.82, 2.24) is 19.6 Å². The number of aromatic nitrogens is 4. The van der Waals surface area contributed by atoms with Crippen molar-refractivity contribution in [2.75, 3.05) is 0 Å². The zero-order chi connectivity index (χ0) is 11.0. The predicted octanol–water partition coefficient (Wildman–Crippen LogP) is 0.383. The van der Waals surface area contributed by atoms with E-state index in [9.17, 15) is 0 Å². The molecule has 2 aromatic heterocycles. The summed E-state index contributed by atoms with van der Waals surface area (Å²) in [5.41, 5.74) is 6.49. The number of hydrogen-bond acceptors (Lipinski definition) is 5. The first kappa shape index (κ1) is 9.53. The number of ether oxygens (including phenoxy) is 1. The molecule has 2 N–H and O–H groups in total. The molecule has 2 unspecified atom stereocenters. The van der Waals surface area contributed by atoms with Crippen molar-refractivity contribution < 1.29 is 4.74 Å². The van der Waals surface area contributed by atoms with Gasteiger partial charge in [-0.3, -0.25) is 4.40 Å². The van der Waals surface area contributed by atoms with E-state index in [1.54, 1.807) is 23.1 Å². The Hall–Kier alpha value is -1.69. The Kier molecular flexibility index (Phi) is 2.21. The Morgan fingerprint density at radius 1 is 1.44 bits per heavy atom. The van der Waals surface area contributed by atoms with E-state index in [0.717, 1.165) is 19.3 Å². The van der Waals surface area contributed by atoms with Crippen LogP contribution in [-0.4, -0.2) is 31.7 Å². The average Bonchev–Trinajstić information content (AvgIpc) is 2.87. The number of nitrogens with zero attached hydrogens (tertiary/aromatic N) is 4. The van der Waals surface area contributed by atoms with Crippen LogP contribution in [0.4, 0.5) is 0 Å². The molecule has 2 aromatic rings. The Bertz CT molecular complexity index is 497. The molecule has 1 aliphatic carbocycles. The normalized spacial score (nSPS) is 25.1. The maximum atomic E-state index is 5.84. The average molecular weight is 219 g/mol. The van der Waals surface area contributed by atoms with Crippen LogP contribution in [-0.2, 0) is 0 Å². The largest absolute Gasteiger partial charge is 0.472 e. The van der Waals surface area contributed by atoms with Crippen LogP contribution in [0.3, 0.4) is 0 Å². The van der Waals surface area contributed by atoms with E-state index in [-0.39, 0.29) is 12.1 Å². The molecule has 0 saturated heterocycles. The van der Waals surface area contributed by atoms with Crippen LogP contribution in [0.1, 0.15) is 19.3 Å². The Morgan fingerprint density at radius 3 is 3.19 bits per heavy atom. The molecule has 2 atom stereocenters. The van der Waals surface area contributed by atoms with Gasteiger partial charge in [-0.25, -0.2) is 4.98 Å². The molecule has 3 rings (SSSR count). The smallest absolute Gasteiger partial charge is 0.260 e. The second kappa shape index (κ2) is 3.71. The fraction of sp³-hybridized carbons (Fsp3) is 0.500. The third-order valence-electron chi connectivity index (χ3n) is 2.89. The molecule has 1 saturated carbocycles. The molecule has 6 nitrogen and oxygen atoms in total. The van der Waals surface area contributed by atoms with Gasteiger partial charge >= 0.3 is 0 Å². The minimum Gasteiger partial charge on any atom is -0.472 e. The van der Waals surface area contributed by atoms with Crippen LogP contribution in [0.2, 0.25) is 0 Å². The van der Waals surface area contributed by atoms with Crippen molar-refractivity contribution in [1.29, 1.82) is 0 Å². The van der Waals surface area contributed by atoms with E-state index in [0.29, 0.717) is 11.5 Å². The van der Waals surface area contributed by atoms with Crippen molar-refractivity contribution in [2.24, 2.45) is 5.73 Å². The summed E-state index contributed by atoms with van der Waals surface area (Å²) in [7, 11) is 0. The van der Waals surface area contributed by atoms with Crippen LogP contribution in [0, 0.1) is 0 Å². The quantitative estimate of drug-likeness (QED) is 0.790. The molecule has 0 bridgehead atoms. The SMILES string of the molecule is NC1CCC(Oc2nccn3cnnc23)C1. The molecular weight excluding hydrogens is 206 g/mol. The summed E-state index contributed by atoms with van der Waals surface area (Å²) in [5, 5.41) is 7.79. The fourth-order valence-corrected chi connectivity index (χ4v) is 2.06. The molecule has 0 radical (unpaired) electrons. The molecule has 0 aromatic carbocycles. The van der Waals surface area contributed by atoms with E-state index in [1.807, 2.05) is 0 Å². The van der Waals surface area contributed by atoms with E-state index in [4.69, 9.17) is 10.5 Å². The lowest BCUT2D eigenvalue weighted by Gasteiger charge is -2.12. The first-order valence-electron chi connectivity index (χ1n) is 5.39. The van der Waals surface area contributed by atoms with E-state index in [2.05, 4.69) is 15.2 Å². The van der Waals surface area contributed by atoms with Gasteiger partial charge in [-0.15, -0.1) is 10.2 Å². The van der Waals surface area contributed by atoms with Gasteiger partial charge in [-0.1, -0.05) is 0 Å². The number of rotatable bonds is 2. The van der Waals surface area contributed by atoms with Crippen molar-refractivity contribution in [3.05, 3.63) is 18.7 Å². The fourth-order valence-electron chi connectivity index (χ4n) is 2.06. The molecule has 0 spiro atoms. The maximum Gasteiger partial charge on any atom is 0.260 e. The highest BCUT2D eigenvalue weighted by Gasteiger charge is 2.24. The standard InChI is InChI=1S/C10H13N5O/c11-7-1-2-8(5-7)16-10-9-14-13-6-15(9)4-3-12-10/h3-4,6-8H,1-2,5,11H2. The second-order valence-corrected chi connectivity index (χ2v) is 4.11. The zero-order valence-electron chi connectivity index (χ0n) is 8.78. The lowest BCUT2D eigenvalue weighted by atomic mass is 10.3. The monoisotopic (exact) mass is 219 g/mol. The zero-order valence-corrected chi connectivity index (χ0v) is 8.78. The van der Waals surface area contributed by atoms with Crippen molar-refractivity contribution in [3.63, 3.8) is 0 Å². The Balaban J connectivity index is 1.86. The first-order valence-corrected chi connectivity index (χ1v) is 5.39. The predicted molar refractivity (Wildman–Crippen MR) is 57.0 cm³/mol. The van der Waals surface area contributed by atoms with Crippen molar-refractivity contribution >= 4 is 5.65 Å². The molecule has 2 heterocycles. The summed E-state index contributed by atoms with van der Waals surface area (Å²) in [4.78, 5) is 4.18. The van der Waals surface area contributed by atoms with E-state index < -0.39 is 0 Å². The number of hydrogen-bond donors (Lipinski definition) is 1. The highest BCUT2D eigenvalue weighted by Crippen LogP contribution is 2.23. The van der Waals surface area contributed by atoms with Gasteiger partial charge < -0.3 is 10.5 Å². The van der Waals surface area contributed by atoms with Crippen LogP contribution >= 0.6 is 0 Å². The molecule has 0 aliphatic heterocycles. The van der Waals surface area contributed by atoms with Gasteiger partial charge in [0.15, 0.2) is 0 Å². The van der Waals surface area contributed by atoms with Crippen molar-refractivity contribution in [2.45, 2.75) is 31.4 Å². The number of nitrogens with two attached hydrogens (primary N) is 1. The van der Waals surface area contributed by atoms with Crippen LogP contribution in [0.25, 0.3) is 5.65 Å². The van der Waals surface area contributed by atoms with Gasteiger partial charge in [0.25, 0.3) is 5.88 Å². The summed E-state index contributed by atoms with van der Waals surface area (Å²) in [6.45, 7) is 0. The summed E-state index contributed by atoms with van der Waals surface area (Å²) >= 11 is 0. The molecule has 16 heavy (non-hydrogen) atoms. The molecular formula is C10H13N5O. The van der Waals surface area contributed by atoms with Crippen LogP contribution in [0.15, 0.2) is 18.7 Å². The maximum absolute atomic E-state index is 5.84. The van der Waals surface area contributed by atoms with Gasteiger partial charge in [0.05, 0.1) is 0 Å². The van der Waals surface area contributed by atoms with Crippen molar-refractivity contribution in [3.8, 4) is 5.88 Å².